The van der Waals surface area contributed by atoms with E-state index >= 15 is 0 Å². The lowest BCUT2D eigenvalue weighted by Crippen LogP contribution is -2.22. The Morgan fingerprint density at radius 3 is 2.69 bits per heavy atom. The molecular weight excluding hydrogens is 364 g/mol. The Balaban J connectivity index is 1.71. The Morgan fingerprint density at radius 2 is 2.00 bits per heavy atom. The van der Waals surface area contributed by atoms with Crippen LogP contribution in [0.15, 0.2) is 42.6 Å². The first kappa shape index (κ1) is 19.1. The number of nitro groups is 1. The second kappa shape index (κ2) is 9.33. The Hall–Kier alpha value is -3.20. The molecule has 2 aromatic rings. The summed E-state index contributed by atoms with van der Waals surface area (Å²) in [6.45, 7) is -0.335. The molecular formula is C16H15ClN4O5. The number of carbonyl (C=O) groups is 2. The van der Waals surface area contributed by atoms with E-state index in [1.807, 2.05) is 0 Å². The molecule has 0 unspecified atom stereocenters. The summed E-state index contributed by atoms with van der Waals surface area (Å²) >= 11 is 5.68. The summed E-state index contributed by atoms with van der Waals surface area (Å²) in [6.07, 6.45) is 1.32. The molecule has 0 saturated heterocycles. The Morgan fingerprint density at radius 1 is 1.23 bits per heavy atom. The third-order valence-electron chi connectivity index (χ3n) is 3.10. The highest BCUT2D eigenvalue weighted by Gasteiger charge is 2.13. The molecule has 1 heterocycles. The summed E-state index contributed by atoms with van der Waals surface area (Å²) in [4.78, 5) is 37.6. The van der Waals surface area contributed by atoms with Gasteiger partial charge in [-0.2, -0.15) is 0 Å². The molecule has 10 heteroatoms. The Labute approximate surface area is 153 Å². The normalized spacial score (nSPS) is 10.0. The highest BCUT2D eigenvalue weighted by molar-refractivity contribution is 6.30. The quantitative estimate of drug-likeness (QED) is 0.411. The second-order valence-electron chi connectivity index (χ2n) is 5.02. The molecule has 2 rings (SSSR count). The van der Waals surface area contributed by atoms with Crippen molar-refractivity contribution in [3.8, 4) is 0 Å². The van der Waals surface area contributed by atoms with Crippen LogP contribution in [0.4, 0.5) is 17.2 Å². The largest absolute Gasteiger partial charge is 0.456 e. The van der Waals surface area contributed by atoms with Crippen molar-refractivity contribution in [3.63, 3.8) is 0 Å². The van der Waals surface area contributed by atoms with Crippen LogP contribution in [0.25, 0.3) is 0 Å². The fraction of sp³-hybridized carbons (Fsp3) is 0.188. The van der Waals surface area contributed by atoms with Crippen LogP contribution >= 0.6 is 11.6 Å². The summed E-state index contributed by atoms with van der Waals surface area (Å²) in [5, 5.41) is 16.6. The number of nitrogens with one attached hydrogen (secondary N) is 2. The van der Waals surface area contributed by atoms with Crippen molar-refractivity contribution in [1.29, 1.82) is 0 Å². The van der Waals surface area contributed by atoms with E-state index in [0.29, 0.717) is 10.7 Å². The molecule has 0 atom stereocenters. The fourth-order valence-electron chi connectivity index (χ4n) is 1.93. The summed E-state index contributed by atoms with van der Waals surface area (Å²) in [5.74, 6) is -0.872. The van der Waals surface area contributed by atoms with Gasteiger partial charge in [0.05, 0.1) is 16.4 Å². The lowest BCUT2D eigenvalue weighted by molar-refractivity contribution is -0.384. The molecule has 1 aromatic carbocycles. The summed E-state index contributed by atoms with van der Waals surface area (Å²) in [5.41, 5.74) is 0.215. The van der Waals surface area contributed by atoms with Crippen LogP contribution in [0, 0.1) is 10.1 Å². The monoisotopic (exact) mass is 378 g/mol. The maximum atomic E-state index is 11.7. The molecule has 0 spiro atoms. The molecule has 0 saturated carbocycles. The predicted molar refractivity (Wildman–Crippen MR) is 95.0 cm³/mol. The Bertz CT molecular complexity index is 797. The average Bonchev–Trinajstić information content (AvgIpc) is 2.62. The summed E-state index contributed by atoms with van der Waals surface area (Å²) < 4.78 is 4.84. The molecule has 136 valence electrons. The molecule has 2 N–H and O–H groups in total. The van der Waals surface area contributed by atoms with Crippen LogP contribution in [0.5, 0.6) is 0 Å². The average molecular weight is 379 g/mol. The number of aromatic nitrogens is 1. The number of amides is 1. The molecule has 0 radical (unpaired) electrons. The van der Waals surface area contributed by atoms with E-state index in [-0.39, 0.29) is 24.5 Å². The number of para-hydroxylation sites is 2. The number of nitrogens with zero attached hydrogens (tertiary/aromatic N) is 2. The summed E-state index contributed by atoms with van der Waals surface area (Å²) in [6, 6.07) is 9.16. The molecule has 0 bridgehead atoms. The van der Waals surface area contributed by atoms with Crippen LogP contribution in [0.3, 0.4) is 0 Å². The topological polar surface area (TPSA) is 123 Å². The van der Waals surface area contributed by atoms with Gasteiger partial charge in [-0.15, -0.1) is 0 Å². The molecule has 0 aliphatic heterocycles. The van der Waals surface area contributed by atoms with E-state index in [4.69, 9.17) is 16.3 Å². The van der Waals surface area contributed by atoms with Gasteiger partial charge in [0.25, 0.3) is 11.6 Å². The lowest BCUT2D eigenvalue weighted by atomic mass is 10.2. The third-order valence-corrected chi connectivity index (χ3v) is 3.33. The van der Waals surface area contributed by atoms with Crippen molar-refractivity contribution in [3.05, 3.63) is 57.7 Å². The number of anilines is 2. The van der Waals surface area contributed by atoms with Crippen LogP contribution in [0.1, 0.15) is 6.42 Å². The number of pyridine rings is 1. The molecule has 9 nitrogen and oxygen atoms in total. The van der Waals surface area contributed by atoms with Crippen LogP contribution in [0.2, 0.25) is 5.02 Å². The van der Waals surface area contributed by atoms with Gasteiger partial charge in [0.15, 0.2) is 6.61 Å². The highest BCUT2D eigenvalue weighted by atomic mass is 35.5. The first-order valence-electron chi connectivity index (χ1n) is 7.50. The van der Waals surface area contributed by atoms with Crippen LogP contribution in [-0.4, -0.2) is 34.9 Å². The van der Waals surface area contributed by atoms with Crippen molar-refractivity contribution in [2.24, 2.45) is 0 Å². The zero-order valence-corrected chi connectivity index (χ0v) is 14.2. The van der Waals surface area contributed by atoms with Gasteiger partial charge in [-0.25, -0.2) is 4.98 Å². The smallest absolute Gasteiger partial charge is 0.308 e. The van der Waals surface area contributed by atoms with Gasteiger partial charge in [0.2, 0.25) is 0 Å². The van der Waals surface area contributed by atoms with Gasteiger partial charge >= 0.3 is 5.97 Å². The maximum absolute atomic E-state index is 11.7. The Kier molecular flexibility index (Phi) is 6.86. The predicted octanol–water partition coefficient (Wildman–Crippen LogP) is 2.63. The maximum Gasteiger partial charge on any atom is 0.308 e. The minimum atomic E-state index is -0.615. The van der Waals surface area contributed by atoms with E-state index < -0.39 is 23.4 Å². The number of hydrogen-bond donors (Lipinski definition) is 2. The number of benzene rings is 1. The van der Waals surface area contributed by atoms with Gasteiger partial charge in [-0.1, -0.05) is 23.7 Å². The van der Waals surface area contributed by atoms with E-state index in [1.165, 1.54) is 24.4 Å². The van der Waals surface area contributed by atoms with E-state index in [9.17, 15) is 19.7 Å². The number of esters is 1. The van der Waals surface area contributed by atoms with Crippen molar-refractivity contribution >= 4 is 40.7 Å². The minimum absolute atomic E-state index is 0.0570. The molecule has 1 amide bonds. The van der Waals surface area contributed by atoms with Crippen molar-refractivity contribution < 1.29 is 19.2 Å². The van der Waals surface area contributed by atoms with Gasteiger partial charge < -0.3 is 15.4 Å². The number of carbonyl (C=O) groups excluding carboxylic acids is 2. The third kappa shape index (κ3) is 6.02. The number of hydrogen-bond acceptors (Lipinski definition) is 7. The molecule has 0 aliphatic carbocycles. The molecule has 0 aliphatic rings. The fourth-order valence-corrected chi connectivity index (χ4v) is 2.04. The van der Waals surface area contributed by atoms with E-state index in [2.05, 4.69) is 15.6 Å². The van der Waals surface area contributed by atoms with Gasteiger partial charge in [-0.05, 0) is 18.2 Å². The zero-order valence-electron chi connectivity index (χ0n) is 13.5. The SMILES string of the molecule is O=C(COC(=O)CCNc1ccccc1[N+](=O)[O-])Nc1ccc(Cl)cn1. The molecule has 0 fully saturated rings. The van der Waals surface area contributed by atoms with Crippen LogP contribution < -0.4 is 10.6 Å². The van der Waals surface area contributed by atoms with Crippen molar-refractivity contribution in [2.45, 2.75) is 6.42 Å². The molecule has 1 aromatic heterocycles. The van der Waals surface area contributed by atoms with E-state index in [1.54, 1.807) is 18.2 Å². The first-order chi connectivity index (χ1) is 12.5. The van der Waals surface area contributed by atoms with E-state index in [0.717, 1.165) is 0 Å². The number of halogens is 1. The second-order valence-corrected chi connectivity index (χ2v) is 5.46. The number of ether oxygens (including phenoxy) is 1. The zero-order chi connectivity index (χ0) is 18.9. The summed E-state index contributed by atoms with van der Waals surface area (Å²) in [7, 11) is 0. The van der Waals surface area contributed by atoms with Gasteiger partial charge in [-0.3, -0.25) is 19.7 Å². The lowest BCUT2D eigenvalue weighted by Gasteiger charge is -2.08. The van der Waals surface area contributed by atoms with Gasteiger partial charge in [0.1, 0.15) is 11.5 Å². The molecule has 26 heavy (non-hydrogen) atoms. The van der Waals surface area contributed by atoms with Gasteiger partial charge in [0, 0.05) is 18.8 Å². The first-order valence-corrected chi connectivity index (χ1v) is 7.88. The van der Waals surface area contributed by atoms with Crippen molar-refractivity contribution in [1.82, 2.24) is 4.98 Å². The van der Waals surface area contributed by atoms with Crippen LogP contribution in [-0.2, 0) is 14.3 Å². The standard InChI is InChI=1S/C16H15ClN4O5/c17-11-5-6-14(19-9-11)20-15(22)10-26-16(23)7-8-18-12-3-1-2-4-13(12)21(24)25/h1-6,9,18H,7-8,10H2,(H,19,20,22). The number of rotatable bonds is 8. The number of nitro benzene ring substituents is 1. The van der Waals surface area contributed by atoms with Crippen molar-refractivity contribution in [2.75, 3.05) is 23.8 Å². The highest BCUT2D eigenvalue weighted by Crippen LogP contribution is 2.22. The minimum Gasteiger partial charge on any atom is -0.456 e.